The van der Waals surface area contributed by atoms with Crippen LogP contribution in [-0.2, 0) is 25.6 Å². The highest BCUT2D eigenvalue weighted by atomic mass is 16.7. The van der Waals surface area contributed by atoms with Gasteiger partial charge in [-0.1, -0.05) is 42.5 Å². The number of hydrogen-bond acceptors (Lipinski definition) is 8. The van der Waals surface area contributed by atoms with Crippen LogP contribution in [0.5, 0.6) is 0 Å². The summed E-state index contributed by atoms with van der Waals surface area (Å²) in [6, 6.07) is 16.2. The zero-order valence-electron chi connectivity index (χ0n) is 24.1. The largest absolute Gasteiger partial charge is 0.478 e. The molecule has 2 N–H and O–H groups in total. The molecule has 2 fully saturated rings. The van der Waals surface area contributed by atoms with Crippen LogP contribution in [0.25, 0.3) is 0 Å². The van der Waals surface area contributed by atoms with Gasteiger partial charge in [0, 0.05) is 36.5 Å². The molecule has 10 heteroatoms. The smallest absolute Gasteiger partial charge is 0.339 e. The standard InChI is InChI=1S/C32H37N3O7/c1-19-28(31(36)37)30(24-10-7-11-25(16-24)35(39)40)29(20(2)33-19)32(38)42-27-17-26(21(3)41-27)23-12-14-34(15-13-23)18-22-8-5-4-6-9-22/h4-11,16,21,23,26-27,30,33H,12-15,17-18H2,1-3H3,(H,36,37). The third-order valence-electron chi connectivity index (χ3n) is 8.78. The zero-order valence-corrected chi connectivity index (χ0v) is 24.1. The van der Waals surface area contributed by atoms with Gasteiger partial charge in [-0.15, -0.1) is 0 Å². The lowest BCUT2D eigenvalue weighted by molar-refractivity contribution is -0.384. The number of carboxylic acid groups (broad SMARTS) is 1. The number of rotatable bonds is 8. The van der Waals surface area contributed by atoms with Gasteiger partial charge in [-0.25, -0.2) is 9.59 Å². The molecule has 3 aliphatic rings. The molecule has 2 saturated heterocycles. The normalized spacial score (nSPS) is 25.3. The quantitative estimate of drug-likeness (QED) is 0.250. The average Bonchev–Trinajstić information content (AvgIpc) is 3.32. The number of nitrogens with zero attached hydrogens (tertiary/aromatic N) is 2. The maximum Gasteiger partial charge on any atom is 0.339 e. The number of carboxylic acids is 1. The van der Waals surface area contributed by atoms with Crippen LogP contribution >= 0.6 is 0 Å². The van der Waals surface area contributed by atoms with E-state index < -0.39 is 29.1 Å². The van der Waals surface area contributed by atoms with Crippen molar-refractivity contribution in [2.24, 2.45) is 11.8 Å². The molecule has 0 aromatic heterocycles. The van der Waals surface area contributed by atoms with Gasteiger partial charge >= 0.3 is 11.9 Å². The average molecular weight is 576 g/mol. The summed E-state index contributed by atoms with van der Waals surface area (Å²) in [5.41, 5.74) is 2.28. The Bertz CT molecular complexity index is 1410. The van der Waals surface area contributed by atoms with Gasteiger partial charge in [0.25, 0.3) is 5.69 Å². The predicted octanol–water partition coefficient (Wildman–Crippen LogP) is 5.12. The Hall–Kier alpha value is -4.02. The Kier molecular flexibility index (Phi) is 8.74. The van der Waals surface area contributed by atoms with Crippen molar-refractivity contribution >= 4 is 17.6 Å². The number of likely N-dealkylation sites (tertiary alicyclic amines) is 1. The summed E-state index contributed by atoms with van der Waals surface area (Å²) in [6.45, 7) is 8.23. The molecule has 2 aromatic rings. The monoisotopic (exact) mass is 575 g/mol. The van der Waals surface area contributed by atoms with Gasteiger partial charge in [0.15, 0.2) is 0 Å². The topological polar surface area (TPSA) is 131 Å². The van der Waals surface area contributed by atoms with E-state index in [-0.39, 0.29) is 28.9 Å². The van der Waals surface area contributed by atoms with E-state index in [0.717, 1.165) is 32.5 Å². The third kappa shape index (κ3) is 6.24. The van der Waals surface area contributed by atoms with Crippen molar-refractivity contribution in [1.29, 1.82) is 0 Å². The van der Waals surface area contributed by atoms with Crippen LogP contribution in [0.1, 0.15) is 57.1 Å². The minimum Gasteiger partial charge on any atom is -0.478 e. The Morgan fingerprint density at radius 2 is 1.76 bits per heavy atom. The number of allylic oxidation sites excluding steroid dienone is 2. The van der Waals surface area contributed by atoms with E-state index in [0.29, 0.717) is 29.3 Å². The highest BCUT2D eigenvalue weighted by Crippen LogP contribution is 2.42. The van der Waals surface area contributed by atoms with Gasteiger partial charge in [-0.2, -0.15) is 0 Å². The third-order valence-corrected chi connectivity index (χ3v) is 8.78. The molecule has 0 bridgehead atoms. The Labute approximate surface area is 245 Å². The molecule has 0 aliphatic carbocycles. The number of carbonyl (C=O) groups is 2. The molecule has 42 heavy (non-hydrogen) atoms. The number of esters is 1. The number of dihydropyridines is 1. The van der Waals surface area contributed by atoms with Crippen LogP contribution in [0.2, 0.25) is 0 Å². The van der Waals surface area contributed by atoms with Crippen LogP contribution in [-0.4, -0.2) is 52.4 Å². The van der Waals surface area contributed by atoms with Crippen LogP contribution in [0.3, 0.4) is 0 Å². The molecule has 5 rings (SSSR count). The number of ether oxygens (including phenoxy) is 2. The summed E-state index contributed by atoms with van der Waals surface area (Å²) >= 11 is 0. The first-order valence-electron chi connectivity index (χ1n) is 14.4. The SMILES string of the molecule is CC1=C(C(=O)O)C(c2cccc([N+](=O)[O-])c2)C(C(=O)OC2CC(C3CCN(Cc4ccccc4)CC3)C(C)O2)=C(C)N1. The molecule has 0 spiro atoms. The van der Waals surface area contributed by atoms with Crippen LogP contribution in [0.4, 0.5) is 5.69 Å². The lowest BCUT2D eigenvalue weighted by Gasteiger charge is -2.35. The number of aliphatic carboxylic acids is 1. The van der Waals surface area contributed by atoms with E-state index in [4.69, 9.17) is 9.47 Å². The minimum atomic E-state index is -1.22. The molecular formula is C32H37N3O7. The fourth-order valence-corrected chi connectivity index (χ4v) is 6.72. The van der Waals surface area contributed by atoms with Crippen molar-refractivity contribution in [1.82, 2.24) is 10.2 Å². The number of piperidine rings is 1. The van der Waals surface area contributed by atoms with E-state index in [1.807, 2.05) is 13.0 Å². The Morgan fingerprint density at radius 3 is 2.43 bits per heavy atom. The molecule has 4 unspecified atom stereocenters. The second-order valence-corrected chi connectivity index (χ2v) is 11.5. The van der Waals surface area contributed by atoms with Gasteiger partial charge in [-0.05, 0) is 69.7 Å². The first kappa shape index (κ1) is 29.5. The number of non-ortho nitro benzene ring substituents is 1. The molecular weight excluding hydrogens is 538 g/mol. The molecule has 10 nitrogen and oxygen atoms in total. The minimum absolute atomic E-state index is 0.0612. The van der Waals surface area contributed by atoms with Crippen molar-refractivity contribution in [3.63, 3.8) is 0 Å². The molecule has 0 radical (unpaired) electrons. The molecule has 4 atom stereocenters. The molecule has 3 heterocycles. The first-order valence-corrected chi connectivity index (χ1v) is 14.4. The van der Waals surface area contributed by atoms with Gasteiger partial charge < -0.3 is 19.9 Å². The first-order chi connectivity index (χ1) is 20.1. The molecule has 0 amide bonds. The van der Waals surface area contributed by atoms with E-state index in [1.54, 1.807) is 19.9 Å². The summed E-state index contributed by atoms with van der Waals surface area (Å²) in [4.78, 5) is 39.4. The number of nitro groups is 1. The van der Waals surface area contributed by atoms with E-state index in [2.05, 4.69) is 34.5 Å². The molecule has 222 valence electrons. The summed E-state index contributed by atoms with van der Waals surface area (Å²) in [6.07, 6.45) is 1.81. The van der Waals surface area contributed by atoms with Crippen molar-refractivity contribution in [2.45, 2.75) is 64.9 Å². The zero-order chi connectivity index (χ0) is 30.0. The molecule has 2 aromatic carbocycles. The van der Waals surface area contributed by atoms with E-state index in [1.165, 1.54) is 23.8 Å². The molecule has 3 aliphatic heterocycles. The number of nitrogens with one attached hydrogen (secondary N) is 1. The number of benzene rings is 2. The van der Waals surface area contributed by atoms with E-state index in [9.17, 15) is 24.8 Å². The summed E-state index contributed by atoms with van der Waals surface area (Å²) < 4.78 is 12.0. The van der Waals surface area contributed by atoms with Crippen molar-refractivity contribution in [2.75, 3.05) is 13.1 Å². The fraction of sp³-hybridized carbons (Fsp3) is 0.438. The lowest BCUT2D eigenvalue weighted by atomic mass is 9.80. The summed E-state index contributed by atoms with van der Waals surface area (Å²) in [5, 5.41) is 24.5. The van der Waals surface area contributed by atoms with Crippen molar-refractivity contribution in [3.8, 4) is 0 Å². The van der Waals surface area contributed by atoms with Crippen molar-refractivity contribution in [3.05, 3.63) is 98.4 Å². The van der Waals surface area contributed by atoms with Gasteiger partial charge in [0.2, 0.25) is 6.29 Å². The fourth-order valence-electron chi connectivity index (χ4n) is 6.72. The number of carbonyl (C=O) groups excluding carboxylic acids is 1. The van der Waals surface area contributed by atoms with Gasteiger partial charge in [0.1, 0.15) is 0 Å². The predicted molar refractivity (Wildman–Crippen MR) is 155 cm³/mol. The van der Waals surface area contributed by atoms with Crippen LogP contribution < -0.4 is 5.32 Å². The van der Waals surface area contributed by atoms with Crippen LogP contribution in [0, 0.1) is 22.0 Å². The maximum atomic E-state index is 13.7. The Morgan fingerprint density at radius 1 is 1.07 bits per heavy atom. The number of nitro benzene ring substituents is 1. The Balaban J connectivity index is 1.28. The van der Waals surface area contributed by atoms with E-state index >= 15 is 0 Å². The number of hydrogen-bond donors (Lipinski definition) is 2. The van der Waals surface area contributed by atoms with Crippen molar-refractivity contribution < 1.29 is 29.1 Å². The van der Waals surface area contributed by atoms with Gasteiger partial charge in [-0.3, -0.25) is 15.0 Å². The van der Waals surface area contributed by atoms with Gasteiger partial charge in [0.05, 0.1) is 28.1 Å². The lowest BCUT2D eigenvalue weighted by Crippen LogP contribution is -2.37. The van der Waals surface area contributed by atoms with Crippen LogP contribution in [0.15, 0.2) is 77.1 Å². The summed E-state index contributed by atoms with van der Waals surface area (Å²) in [5.74, 6) is -2.27. The maximum absolute atomic E-state index is 13.7. The highest BCUT2D eigenvalue weighted by Gasteiger charge is 2.43. The highest BCUT2D eigenvalue weighted by molar-refractivity contribution is 5.99. The second kappa shape index (κ2) is 12.5. The summed E-state index contributed by atoms with van der Waals surface area (Å²) in [7, 11) is 0. The molecule has 0 saturated carbocycles. The second-order valence-electron chi connectivity index (χ2n) is 11.5.